The zero-order valence-electron chi connectivity index (χ0n) is 16.2. The third-order valence-corrected chi connectivity index (χ3v) is 3.88. The van der Waals surface area contributed by atoms with Crippen LogP contribution >= 0.6 is 0 Å². The molecule has 2 N–H and O–H groups in total. The molecule has 0 saturated carbocycles. The van der Waals surface area contributed by atoms with Crippen molar-refractivity contribution in [2.45, 2.75) is 6.92 Å². The topological polar surface area (TPSA) is 107 Å². The van der Waals surface area contributed by atoms with Crippen LogP contribution in [-0.2, 0) is 9.53 Å². The Hall–Kier alpha value is -4.07. The molecule has 30 heavy (non-hydrogen) atoms. The number of hydrogen-bond acceptors (Lipinski definition) is 6. The van der Waals surface area contributed by atoms with Crippen LogP contribution in [0, 0.1) is 0 Å². The summed E-state index contributed by atoms with van der Waals surface area (Å²) in [6.45, 7) is 1.99. The van der Waals surface area contributed by atoms with Crippen molar-refractivity contribution in [1.29, 1.82) is 0 Å². The smallest absolute Gasteiger partial charge is 0.344 e. The monoisotopic (exact) mass is 408 g/mol. The van der Waals surface area contributed by atoms with Gasteiger partial charge in [0, 0.05) is 11.9 Å². The summed E-state index contributed by atoms with van der Waals surface area (Å²) in [5.74, 6) is 0.604. The van der Waals surface area contributed by atoms with E-state index in [1.54, 1.807) is 36.4 Å². The first-order valence-corrected chi connectivity index (χ1v) is 9.20. The Labute approximate surface area is 172 Å². The molecule has 3 aromatic rings. The van der Waals surface area contributed by atoms with Gasteiger partial charge in [0.2, 0.25) is 0 Å². The molecule has 0 atom stereocenters. The molecule has 154 valence electrons. The molecule has 8 nitrogen and oxygen atoms in total. The number of benzene rings is 2. The fourth-order valence-corrected chi connectivity index (χ4v) is 2.50. The molecule has 0 aliphatic rings. The number of carbonyl (C=O) groups is 2. The number of rotatable bonds is 8. The van der Waals surface area contributed by atoms with E-state index in [1.807, 2.05) is 19.1 Å². The lowest BCUT2D eigenvalue weighted by atomic mass is 10.3. The van der Waals surface area contributed by atoms with E-state index in [1.165, 1.54) is 18.3 Å². The second kappa shape index (κ2) is 9.92. The SMILES string of the molecule is CCOc1ccc(Oc2ccc(NC(=O)COC(=O)c3ccc[nH]c3=O)cc2)cc1. The van der Waals surface area contributed by atoms with Gasteiger partial charge in [-0.3, -0.25) is 9.59 Å². The van der Waals surface area contributed by atoms with Crippen molar-refractivity contribution in [3.8, 4) is 17.2 Å². The van der Waals surface area contributed by atoms with Crippen LogP contribution in [0.15, 0.2) is 71.7 Å². The predicted molar refractivity (Wildman–Crippen MR) is 110 cm³/mol. The van der Waals surface area contributed by atoms with E-state index in [9.17, 15) is 14.4 Å². The molecule has 3 rings (SSSR count). The van der Waals surface area contributed by atoms with Gasteiger partial charge in [0.05, 0.1) is 6.61 Å². The van der Waals surface area contributed by atoms with Crippen molar-refractivity contribution < 1.29 is 23.8 Å². The predicted octanol–water partition coefficient (Wildman–Crippen LogP) is 3.36. The van der Waals surface area contributed by atoms with Gasteiger partial charge in [-0.05, 0) is 67.6 Å². The molecule has 8 heteroatoms. The molecule has 0 fully saturated rings. The molecule has 0 aliphatic carbocycles. The number of esters is 1. The van der Waals surface area contributed by atoms with Gasteiger partial charge in [-0.15, -0.1) is 0 Å². The largest absolute Gasteiger partial charge is 0.494 e. The highest BCUT2D eigenvalue weighted by atomic mass is 16.5. The average Bonchev–Trinajstić information content (AvgIpc) is 2.75. The van der Waals surface area contributed by atoms with E-state index >= 15 is 0 Å². The Kier molecular flexibility index (Phi) is 6.83. The number of carbonyl (C=O) groups excluding carboxylic acids is 2. The van der Waals surface area contributed by atoms with Gasteiger partial charge in [0.1, 0.15) is 22.8 Å². The Bertz CT molecular complexity index is 1060. The van der Waals surface area contributed by atoms with Gasteiger partial charge < -0.3 is 24.5 Å². The summed E-state index contributed by atoms with van der Waals surface area (Å²) in [6, 6.07) is 16.8. The number of nitrogens with one attached hydrogen (secondary N) is 2. The average molecular weight is 408 g/mol. The molecular formula is C22H20N2O6. The van der Waals surface area contributed by atoms with Crippen molar-refractivity contribution in [3.05, 3.63) is 82.8 Å². The highest BCUT2D eigenvalue weighted by molar-refractivity contribution is 5.95. The number of amides is 1. The molecule has 1 aromatic heterocycles. The van der Waals surface area contributed by atoms with Gasteiger partial charge in [0.25, 0.3) is 11.5 Å². The zero-order valence-corrected chi connectivity index (χ0v) is 16.2. The highest BCUT2D eigenvalue weighted by Gasteiger charge is 2.13. The van der Waals surface area contributed by atoms with Crippen LogP contribution in [0.2, 0.25) is 0 Å². The maximum atomic E-state index is 12.0. The Balaban J connectivity index is 1.50. The maximum Gasteiger partial charge on any atom is 0.344 e. The summed E-state index contributed by atoms with van der Waals surface area (Å²) in [5, 5.41) is 2.60. The van der Waals surface area contributed by atoms with Crippen LogP contribution in [0.5, 0.6) is 17.2 Å². The lowest BCUT2D eigenvalue weighted by Gasteiger charge is -2.09. The van der Waals surface area contributed by atoms with Crippen LogP contribution in [0.4, 0.5) is 5.69 Å². The van der Waals surface area contributed by atoms with Crippen molar-refractivity contribution in [2.75, 3.05) is 18.5 Å². The standard InChI is InChI=1S/C22H20N2O6/c1-2-28-16-9-11-18(12-10-16)30-17-7-5-15(6-8-17)24-20(25)14-29-22(27)19-4-3-13-23-21(19)26/h3-13H,2,14H2,1H3,(H,23,26)(H,24,25). The maximum absolute atomic E-state index is 12.0. The summed E-state index contributed by atoms with van der Waals surface area (Å²) >= 11 is 0. The third kappa shape index (κ3) is 5.71. The zero-order chi connectivity index (χ0) is 21.3. The van der Waals surface area contributed by atoms with E-state index in [4.69, 9.17) is 14.2 Å². The minimum atomic E-state index is -0.869. The molecule has 0 aliphatic heterocycles. The lowest BCUT2D eigenvalue weighted by Crippen LogP contribution is -2.24. The molecular weight excluding hydrogens is 388 g/mol. The van der Waals surface area contributed by atoms with E-state index in [0.29, 0.717) is 23.8 Å². The highest BCUT2D eigenvalue weighted by Crippen LogP contribution is 2.25. The van der Waals surface area contributed by atoms with Gasteiger partial charge >= 0.3 is 5.97 Å². The van der Waals surface area contributed by atoms with E-state index in [2.05, 4.69) is 10.3 Å². The van der Waals surface area contributed by atoms with Crippen LogP contribution in [0.3, 0.4) is 0 Å². The first-order chi connectivity index (χ1) is 14.5. The number of H-pyrrole nitrogens is 1. The van der Waals surface area contributed by atoms with Gasteiger partial charge in [-0.2, -0.15) is 0 Å². The third-order valence-electron chi connectivity index (χ3n) is 3.88. The summed E-state index contributed by atoms with van der Waals surface area (Å²) in [4.78, 5) is 37.7. The van der Waals surface area contributed by atoms with Crippen LogP contribution < -0.4 is 20.3 Å². The summed E-state index contributed by atoms with van der Waals surface area (Å²) in [5.41, 5.74) is -0.236. The normalized spacial score (nSPS) is 10.2. The minimum absolute atomic E-state index is 0.166. The van der Waals surface area contributed by atoms with Crippen molar-refractivity contribution in [1.82, 2.24) is 4.98 Å². The number of anilines is 1. The van der Waals surface area contributed by atoms with Crippen LogP contribution in [-0.4, -0.2) is 30.1 Å². The second-order valence-electron chi connectivity index (χ2n) is 6.07. The van der Waals surface area contributed by atoms with Crippen molar-refractivity contribution in [3.63, 3.8) is 0 Å². The van der Waals surface area contributed by atoms with E-state index in [-0.39, 0.29) is 5.56 Å². The molecule has 1 amide bonds. The summed E-state index contributed by atoms with van der Waals surface area (Å²) in [7, 11) is 0. The fourth-order valence-electron chi connectivity index (χ4n) is 2.50. The number of hydrogen-bond donors (Lipinski definition) is 2. The Morgan fingerprint density at radius 1 is 0.933 bits per heavy atom. The molecule has 0 bridgehead atoms. The second-order valence-corrected chi connectivity index (χ2v) is 6.07. The molecule has 2 aromatic carbocycles. The molecule has 0 saturated heterocycles. The minimum Gasteiger partial charge on any atom is -0.494 e. The van der Waals surface area contributed by atoms with Crippen molar-refractivity contribution in [2.24, 2.45) is 0 Å². The lowest BCUT2D eigenvalue weighted by molar-refractivity contribution is -0.119. The van der Waals surface area contributed by atoms with E-state index < -0.39 is 24.0 Å². The van der Waals surface area contributed by atoms with Crippen LogP contribution in [0.1, 0.15) is 17.3 Å². The fraction of sp³-hybridized carbons (Fsp3) is 0.136. The van der Waals surface area contributed by atoms with Crippen molar-refractivity contribution >= 4 is 17.6 Å². The molecule has 0 unspecified atom stereocenters. The Morgan fingerprint density at radius 3 is 2.20 bits per heavy atom. The molecule has 1 heterocycles. The summed E-state index contributed by atoms with van der Waals surface area (Å²) < 4.78 is 16.0. The number of aromatic amines is 1. The first-order valence-electron chi connectivity index (χ1n) is 9.20. The van der Waals surface area contributed by atoms with Gasteiger partial charge in [0.15, 0.2) is 6.61 Å². The number of ether oxygens (including phenoxy) is 3. The molecule has 0 spiro atoms. The summed E-state index contributed by atoms with van der Waals surface area (Å²) in [6.07, 6.45) is 1.40. The van der Waals surface area contributed by atoms with Crippen LogP contribution in [0.25, 0.3) is 0 Å². The quantitative estimate of drug-likeness (QED) is 0.554. The molecule has 0 radical (unpaired) electrons. The number of aromatic nitrogens is 1. The van der Waals surface area contributed by atoms with Gasteiger partial charge in [-0.25, -0.2) is 4.79 Å². The first kappa shape index (κ1) is 20.7. The Morgan fingerprint density at radius 2 is 1.57 bits per heavy atom. The number of pyridine rings is 1. The van der Waals surface area contributed by atoms with E-state index in [0.717, 1.165) is 5.75 Å². The van der Waals surface area contributed by atoms with Gasteiger partial charge in [-0.1, -0.05) is 0 Å².